The van der Waals surface area contributed by atoms with Gasteiger partial charge < -0.3 is 5.73 Å². The molecular weight excluding hydrogens is 253 g/mol. The van der Waals surface area contributed by atoms with E-state index in [4.69, 9.17) is 17.3 Å². The van der Waals surface area contributed by atoms with Crippen LogP contribution < -0.4 is 5.73 Å². The van der Waals surface area contributed by atoms with Crippen molar-refractivity contribution in [2.45, 2.75) is 39.7 Å². The van der Waals surface area contributed by atoms with Gasteiger partial charge in [0.25, 0.3) is 0 Å². The van der Waals surface area contributed by atoms with Gasteiger partial charge in [-0.05, 0) is 17.0 Å². The lowest BCUT2D eigenvalue weighted by molar-refractivity contribution is -0.119. The average molecular weight is 272 g/mol. The molecule has 1 aromatic rings. The maximum absolute atomic E-state index is 13.6. The minimum absolute atomic E-state index is 0.0379. The summed E-state index contributed by atoms with van der Waals surface area (Å²) in [4.78, 5) is 11.8. The molecule has 0 aliphatic carbocycles. The predicted octanol–water partition coefficient (Wildman–Crippen LogP) is 3.35. The summed E-state index contributed by atoms with van der Waals surface area (Å²) < 4.78 is 13.6. The molecule has 1 rings (SSSR count). The molecule has 0 heterocycles. The van der Waals surface area contributed by atoms with Gasteiger partial charge in [-0.15, -0.1) is 0 Å². The Balaban J connectivity index is 2.69. The van der Waals surface area contributed by atoms with Crippen LogP contribution in [-0.4, -0.2) is 11.8 Å². The second-order valence-electron chi connectivity index (χ2n) is 5.61. The maximum Gasteiger partial charge on any atom is 0.145 e. The number of Topliss-reactive ketones (excluding diaryl/α,β-unsaturated/α-hetero) is 1. The molecule has 0 aliphatic heterocycles. The van der Waals surface area contributed by atoms with Crippen molar-refractivity contribution >= 4 is 17.4 Å². The molecule has 2 nitrogen and oxygen atoms in total. The summed E-state index contributed by atoms with van der Waals surface area (Å²) in [6, 6.07) is 4.44. The van der Waals surface area contributed by atoms with Gasteiger partial charge in [-0.25, -0.2) is 4.39 Å². The molecule has 0 aromatic heterocycles. The summed E-state index contributed by atoms with van der Waals surface area (Å²) in [5.74, 6) is -0.588. The molecule has 18 heavy (non-hydrogen) atoms. The Hall–Kier alpha value is -0.930. The molecule has 1 aromatic carbocycles. The average Bonchev–Trinajstić information content (AvgIpc) is 2.23. The van der Waals surface area contributed by atoms with Crippen molar-refractivity contribution in [2.75, 3.05) is 0 Å². The van der Waals surface area contributed by atoms with Gasteiger partial charge in [-0.3, -0.25) is 4.79 Å². The van der Waals surface area contributed by atoms with Crippen molar-refractivity contribution in [3.63, 3.8) is 0 Å². The van der Waals surface area contributed by atoms with E-state index in [9.17, 15) is 9.18 Å². The first kappa shape index (κ1) is 15.1. The monoisotopic (exact) mass is 271 g/mol. The van der Waals surface area contributed by atoms with Crippen LogP contribution in [0.15, 0.2) is 18.2 Å². The minimum Gasteiger partial charge on any atom is -0.327 e. The van der Waals surface area contributed by atoms with Crippen molar-refractivity contribution in [3.8, 4) is 0 Å². The highest BCUT2D eigenvalue weighted by Gasteiger charge is 2.23. The summed E-state index contributed by atoms with van der Waals surface area (Å²) in [6.07, 6.45) is 0.283. The van der Waals surface area contributed by atoms with E-state index in [1.807, 2.05) is 20.8 Å². The smallest absolute Gasteiger partial charge is 0.145 e. The van der Waals surface area contributed by atoms with Crippen LogP contribution in [0.1, 0.15) is 32.8 Å². The van der Waals surface area contributed by atoms with Crippen LogP contribution in [0.5, 0.6) is 0 Å². The highest BCUT2D eigenvalue weighted by Crippen LogP contribution is 2.22. The van der Waals surface area contributed by atoms with E-state index in [-0.39, 0.29) is 35.1 Å². The third-order valence-corrected chi connectivity index (χ3v) is 3.27. The standard InChI is InChI=1S/C14H19ClFNO/c1-14(2,3)12(17)8-10(18)7-9-5-4-6-11(15)13(9)16/h4-6,12H,7-8,17H2,1-3H3. The molecule has 1 atom stereocenters. The third kappa shape index (κ3) is 4.07. The molecule has 0 amide bonds. The first-order valence-electron chi connectivity index (χ1n) is 5.92. The van der Waals surface area contributed by atoms with Crippen LogP contribution in [0.2, 0.25) is 5.02 Å². The Labute approximate surface area is 112 Å². The Bertz CT molecular complexity index is 440. The summed E-state index contributed by atoms with van der Waals surface area (Å²) in [5, 5.41) is 0.0421. The van der Waals surface area contributed by atoms with Crippen LogP contribution in [-0.2, 0) is 11.2 Å². The van der Waals surface area contributed by atoms with Crippen molar-refractivity contribution in [3.05, 3.63) is 34.6 Å². The van der Waals surface area contributed by atoms with Gasteiger partial charge >= 0.3 is 0 Å². The SMILES string of the molecule is CC(C)(C)C(N)CC(=O)Cc1cccc(Cl)c1F. The number of hydrogen-bond acceptors (Lipinski definition) is 2. The van der Waals surface area contributed by atoms with Gasteiger partial charge in [0.1, 0.15) is 11.6 Å². The highest BCUT2D eigenvalue weighted by atomic mass is 35.5. The fraction of sp³-hybridized carbons (Fsp3) is 0.500. The van der Waals surface area contributed by atoms with Crippen molar-refractivity contribution < 1.29 is 9.18 Å². The molecule has 0 spiro atoms. The molecule has 0 fully saturated rings. The van der Waals surface area contributed by atoms with Gasteiger partial charge in [0.2, 0.25) is 0 Å². The van der Waals surface area contributed by atoms with E-state index in [2.05, 4.69) is 0 Å². The van der Waals surface area contributed by atoms with Gasteiger partial charge in [-0.1, -0.05) is 44.5 Å². The summed E-state index contributed by atoms with van der Waals surface area (Å²) in [6.45, 7) is 5.93. The lowest BCUT2D eigenvalue weighted by Crippen LogP contribution is -2.37. The zero-order valence-electron chi connectivity index (χ0n) is 11.0. The molecule has 4 heteroatoms. The lowest BCUT2D eigenvalue weighted by Gasteiger charge is -2.26. The summed E-state index contributed by atoms with van der Waals surface area (Å²) >= 11 is 5.66. The predicted molar refractivity (Wildman–Crippen MR) is 72.2 cm³/mol. The number of carbonyl (C=O) groups excluding carboxylic acids is 1. The Morgan fingerprint density at radius 2 is 2.06 bits per heavy atom. The molecule has 2 N–H and O–H groups in total. The van der Waals surface area contributed by atoms with Crippen LogP contribution in [0.25, 0.3) is 0 Å². The van der Waals surface area contributed by atoms with Crippen LogP contribution in [0.4, 0.5) is 4.39 Å². The van der Waals surface area contributed by atoms with Crippen molar-refractivity contribution in [1.82, 2.24) is 0 Å². The van der Waals surface area contributed by atoms with Crippen LogP contribution in [0.3, 0.4) is 0 Å². The van der Waals surface area contributed by atoms with E-state index in [1.54, 1.807) is 12.1 Å². The zero-order chi connectivity index (χ0) is 13.9. The number of ketones is 1. The number of nitrogens with two attached hydrogens (primary N) is 1. The van der Waals surface area contributed by atoms with Crippen molar-refractivity contribution in [1.29, 1.82) is 0 Å². The molecular formula is C14H19ClFNO. The van der Waals surface area contributed by atoms with Gasteiger partial charge in [0.05, 0.1) is 5.02 Å². The first-order chi connectivity index (χ1) is 8.21. The van der Waals surface area contributed by atoms with Crippen LogP contribution in [0, 0.1) is 11.2 Å². The molecule has 1 unspecified atom stereocenters. The number of carbonyl (C=O) groups is 1. The Morgan fingerprint density at radius 3 is 2.61 bits per heavy atom. The number of benzene rings is 1. The molecule has 0 saturated heterocycles. The zero-order valence-corrected chi connectivity index (χ0v) is 11.7. The minimum atomic E-state index is -0.517. The Morgan fingerprint density at radius 1 is 1.44 bits per heavy atom. The van der Waals surface area contributed by atoms with E-state index in [0.29, 0.717) is 5.56 Å². The van der Waals surface area contributed by atoms with E-state index < -0.39 is 5.82 Å². The second-order valence-corrected chi connectivity index (χ2v) is 6.01. The Kier molecular flexibility index (Phi) is 4.88. The van der Waals surface area contributed by atoms with Crippen molar-refractivity contribution in [2.24, 2.45) is 11.1 Å². The fourth-order valence-electron chi connectivity index (χ4n) is 1.52. The largest absolute Gasteiger partial charge is 0.327 e. The number of halogens is 2. The molecule has 100 valence electrons. The van der Waals surface area contributed by atoms with Gasteiger partial charge in [0, 0.05) is 18.9 Å². The quantitative estimate of drug-likeness (QED) is 0.913. The second kappa shape index (κ2) is 5.81. The molecule has 0 bridgehead atoms. The summed E-state index contributed by atoms with van der Waals surface area (Å²) in [7, 11) is 0. The highest BCUT2D eigenvalue weighted by molar-refractivity contribution is 6.30. The van der Waals surface area contributed by atoms with E-state index in [1.165, 1.54) is 6.07 Å². The fourth-order valence-corrected chi connectivity index (χ4v) is 1.72. The number of rotatable bonds is 4. The molecule has 0 saturated carbocycles. The van der Waals surface area contributed by atoms with E-state index >= 15 is 0 Å². The van der Waals surface area contributed by atoms with Crippen LogP contribution >= 0.6 is 11.6 Å². The third-order valence-electron chi connectivity index (χ3n) is 2.98. The normalized spacial score (nSPS) is 13.4. The van der Waals surface area contributed by atoms with Gasteiger partial charge in [-0.2, -0.15) is 0 Å². The molecule has 0 radical (unpaired) electrons. The maximum atomic E-state index is 13.6. The lowest BCUT2D eigenvalue weighted by atomic mass is 9.84. The number of hydrogen-bond donors (Lipinski definition) is 1. The first-order valence-corrected chi connectivity index (χ1v) is 6.29. The summed E-state index contributed by atoms with van der Waals surface area (Å²) in [5.41, 5.74) is 6.12. The topological polar surface area (TPSA) is 43.1 Å². The molecule has 0 aliphatic rings. The van der Waals surface area contributed by atoms with E-state index in [0.717, 1.165) is 0 Å². The van der Waals surface area contributed by atoms with Gasteiger partial charge in [0.15, 0.2) is 0 Å².